The van der Waals surface area contributed by atoms with E-state index in [-0.39, 0.29) is 6.35 Å². The minimum absolute atomic E-state index is 0.160. The molecule has 0 radical (unpaired) electrons. The first-order valence-electron chi connectivity index (χ1n) is 14.6. The summed E-state index contributed by atoms with van der Waals surface area (Å²) in [5, 5.41) is 3.18. The Labute approximate surface area is 267 Å². The van der Waals surface area contributed by atoms with E-state index >= 15 is 0 Å². The van der Waals surface area contributed by atoms with E-state index in [1.807, 2.05) is 134 Å². The first kappa shape index (κ1) is 35.0. The number of hydrogen-bond donors (Lipinski definition) is 0. The van der Waals surface area contributed by atoms with Gasteiger partial charge in [-0.15, -0.1) is 6.58 Å². The molecule has 0 spiro atoms. The highest BCUT2D eigenvalue weighted by Gasteiger charge is 2.29. The standard InChI is InChI=1S/C19H17OP.C17H17O3P.C3H6/c20-21(18-12-6-2-7-13-18,19-14-8-3-9-15-19)16-17-10-4-1-5-11-17;1-14(2)17(18)20-13-21(19,15-9-5-3-6-10-15)16-11-7-4-8-12-16;1-3-2/h1-15H,16H2;3-12H,1,13H2,2H3;3H,1H2,2H3. The lowest BCUT2D eigenvalue weighted by atomic mass is 10.2. The predicted octanol–water partition coefficient (Wildman–Crippen LogP) is 8.47. The summed E-state index contributed by atoms with van der Waals surface area (Å²) in [6.45, 7) is 10.4. The van der Waals surface area contributed by atoms with Crippen molar-refractivity contribution >= 4 is 41.5 Å². The fraction of sp³-hybridized carbons (Fsp3) is 0.103. The summed E-state index contributed by atoms with van der Waals surface area (Å²) in [4.78, 5) is 11.6. The van der Waals surface area contributed by atoms with Crippen LogP contribution >= 0.6 is 14.3 Å². The number of carbonyl (C=O) groups is 1. The van der Waals surface area contributed by atoms with E-state index in [0.29, 0.717) is 22.3 Å². The molecule has 6 heteroatoms. The largest absolute Gasteiger partial charge is 0.454 e. The van der Waals surface area contributed by atoms with Gasteiger partial charge < -0.3 is 13.9 Å². The van der Waals surface area contributed by atoms with Crippen LogP contribution in [0.25, 0.3) is 0 Å². The molecule has 0 heterocycles. The highest BCUT2D eigenvalue weighted by atomic mass is 31.2. The molecule has 0 unspecified atom stereocenters. The molecule has 45 heavy (non-hydrogen) atoms. The smallest absolute Gasteiger partial charge is 0.333 e. The van der Waals surface area contributed by atoms with E-state index in [1.54, 1.807) is 37.3 Å². The molecule has 5 aromatic carbocycles. The van der Waals surface area contributed by atoms with Crippen LogP contribution in [0, 0.1) is 0 Å². The van der Waals surface area contributed by atoms with Gasteiger partial charge in [0.25, 0.3) is 0 Å². The van der Waals surface area contributed by atoms with Crippen molar-refractivity contribution < 1.29 is 18.7 Å². The Morgan fingerprint density at radius 3 is 1.20 bits per heavy atom. The molecule has 0 aliphatic heterocycles. The molecule has 230 valence electrons. The molecule has 0 fully saturated rings. The molecule has 4 nitrogen and oxygen atoms in total. The molecule has 0 aliphatic rings. The number of allylic oxidation sites excluding steroid dienone is 1. The number of benzene rings is 5. The van der Waals surface area contributed by atoms with Crippen LogP contribution < -0.4 is 21.2 Å². The van der Waals surface area contributed by atoms with Crippen molar-refractivity contribution in [3.8, 4) is 0 Å². The molecule has 0 bridgehead atoms. The maximum atomic E-state index is 13.8. The van der Waals surface area contributed by atoms with E-state index in [1.165, 1.54) is 0 Å². The fourth-order valence-corrected chi connectivity index (χ4v) is 9.32. The molecule has 0 saturated carbocycles. The summed E-state index contributed by atoms with van der Waals surface area (Å²) in [5.41, 5.74) is 1.40. The van der Waals surface area contributed by atoms with Crippen LogP contribution in [-0.2, 0) is 24.8 Å². The molecular formula is C39H40O4P2. The van der Waals surface area contributed by atoms with E-state index < -0.39 is 20.3 Å². The van der Waals surface area contributed by atoms with Crippen LogP contribution in [-0.4, -0.2) is 12.3 Å². The zero-order valence-electron chi connectivity index (χ0n) is 25.9. The van der Waals surface area contributed by atoms with Crippen molar-refractivity contribution in [2.24, 2.45) is 0 Å². The maximum Gasteiger partial charge on any atom is 0.333 e. The van der Waals surface area contributed by atoms with Crippen molar-refractivity contribution in [1.29, 1.82) is 0 Å². The van der Waals surface area contributed by atoms with Gasteiger partial charge in [-0.1, -0.05) is 164 Å². The molecule has 0 N–H and O–H groups in total. The Balaban J connectivity index is 0.000000226. The Morgan fingerprint density at radius 2 is 0.889 bits per heavy atom. The lowest BCUT2D eigenvalue weighted by Crippen LogP contribution is -2.21. The highest BCUT2D eigenvalue weighted by molar-refractivity contribution is 7.78. The number of ether oxygens (including phenoxy) is 1. The third-order valence-electron chi connectivity index (χ3n) is 6.67. The second-order valence-corrected chi connectivity index (χ2v) is 15.8. The lowest BCUT2D eigenvalue weighted by Gasteiger charge is -2.19. The third kappa shape index (κ3) is 10.0. The number of carbonyl (C=O) groups excluding carboxylic acids is 1. The van der Waals surface area contributed by atoms with Crippen LogP contribution in [0.15, 0.2) is 176 Å². The van der Waals surface area contributed by atoms with Crippen molar-refractivity contribution in [2.45, 2.75) is 20.0 Å². The average molecular weight is 635 g/mol. The summed E-state index contributed by atoms with van der Waals surface area (Å²) in [6.07, 6.45) is 2.15. The van der Waals surface area contributed by atoms with Gasteiger partial charge in [0.2, 0.25) is 0 Å². The van der Waals surface area contributed by atoms with Crippen LogP contribution in [0.4, 0.5) is 0 Å². The molecule has 0 saturated heterocycles. The van der Waals surface area contributed by atoms with Gasteiger partial charge in [0.15, 0.2) is 13.5 Å². The summed E-state index contributed by atoms with van der Waals surface area (Å²) in [6, 6.07) is 47.9. The third-order valence-corrected chi connectivity index (χ3v) is 12.5. The summed E-state index contributed by atoms with van der Waals surface area (Å²) >= 11 is 0. The lowest BCUT2D eigenvalue weighted by molar-refractivity contribution is -0.136. The molecule has 0 aromatic heterocycles. The van der Waals surface area contributed by atoms with Gasteiger partial charge in [-0.3, -0.25) is 0 Å². The van der Waals surface area contributed by atoms with Gasteiger partial charge in [-0.2, -0.15) is 0 Å². The van der Waals surface area contributed by atoms with Crippen LogP contribution in [0.1, 0.15) is 19.4 Å². The van der Waals surface area contributed by atoms with Gasteiger partial charge in [0.1, 0.15) is 7.14 Å². The second-order valence-electron chi connectivity index (χ2n) is 10.2. The number of esters is 1. The van der Waals surface area contributed by atoms with E-state index in [0.717, 1.165) is 16.2 Å². The SMILES string of the molecule is C=C(C)C(=O)OCP(=O)(c1ccccc1)c1ccccc1.C=CC.O=P(Cc1ccccc1)(c1ccccc1)c1ccccc1. The minimum Gasteiger partial charge on any atom is -0.454 e. The normalized spacial score (nSPS) is 10.6. The van der Waals surface area contributed by atoms with Crippen molar-refractivity contribution in [2.75, 3.05) is 6.35 Å². The number of hydrogen-bond acceptors (Lipinski definition) is 4. The Bertz CT molecular complexity index is 1630. The number of rotatable bonds is 9. The molecule has 0 amide bonds. The maximum absolute atomic E-state index is 13.8. The van der Waals surface area contributed by atoms with Gasteiger partial charge in [-0.25, -0.2) is 4.79 Å². The molecular weight excluding hydrogens is 594 g/mol. The zero-order valence-corrected chi connectivity index (χ0v) is 27.7. The zero-order chi connectivity index (χ0) is 32.5. The van der Waals surface area contributed by atoms with Gasteiger partial charge in [0.05, 0.1) is 0 Å². The van der Waals surface area contributed by atoms with Crippen LogP contribution in [0.2, 0.25) is 0 Å². The van der Waals surface area contributed by atoms with Crippen LogP contribution in [0.3, 0.4) is 0 Å². The molecule has 0 atom stereocenters. The van der Waals surface area contributed by atoms with Gasteiger partial charge in [-0.05, 0) is 19.4 Å². The Kier molecular flexibility index (Phi) is 13.8. The molecule has 5 rings (SSSR count). The average Bonchev–Trinajstić information content (AvgIpc) is 3.09. The summed E-state index contributed by atoms with van der Waals surface area (Å²) < 4.78 is 32.4. The van der Waals surface area contributed by atoms with Crippen LogP contribution in [0.5, 0.6) is 0 Å². The predicted molar refractivity (Wildman–Crippen MR) is 191 cm³/mol. The van der Waals surface area contributed by atoms with Crippen molar-refractivity contribution in [3.63, 3.8) is 0 Å². The molecule has 0 aliphatic carbocycles. The highest BCUT2D eigenvalue weighted by Crippen LogP contribution is 2.47. The van der Waals surface area contributed by atoms with Gasteiger partial charge >= 0.3 is 5.97 Å². The molecule has 5 aromatic rings. The minimum atomic E-state index is -3.00. The van der Waals surface area contributed by atoms with E-state index in [4.69, 9.17) is 4.74 Å². The first-order valence-corrected chi connectivity index (χ1v) is 18.4. The summed E-state index contributed by atoms with van der Waals surface area (Å²) in [7, 11) is -5.65. The fourth-order valence-electron chi connectivity index (χ4n) is 4.42. The van der Waals surface area contributed by atoms with Gasteiger partial charge in [0, 0.05) is 33.0 Å². The van der Waals surface area contributed by atoms with E-state index in [2.05, 4.69) is 13.2 Å². The van der Waals surface area contributed by atoms with Crippen molar-refractivity contribution in [3.05, 3.63) is 182 Å². The topological polar surface area (TPSA) is 60.4 Å². The summed E-state index contributed by atoms with van der Waals surface area (Å²) in [5.74, 6) is -0.526. The Morgan fingerprint density at radius 1 is 0.600 bits per heavy atom. The Hall–Kier alpha value is -4.49. The van der Waals surface area contributed by atoms with E-state index in [9.17, 15) is 13.9 Å². The second kappa shape index (κ2) is 17.7. The quantitative estimate of drug-likeness (QED) is 0.0707. The van der Waals surface area contributed by atoms with Crippen molar-refractivity contribution in [1.82, 2.24) is 0 Å². The monoisotopic (exact) mass is 634 g/mol. The first-order chi connectivity index (χ1) is 21.7.